The van der Waals surface area contributed by atoms with E-state index in [1.807, 2.05) is 31.2 Å². The lowest BCUT2D eigenvalue weighted by molar-refractivity contribution is 0.328. The number of hydrogen-bond acceptors (Lipinski definition) is 6. The molecule has 3 N–H and O–H groups in total. The van der Waals surface area contributed by atoms with Crippen LogP contribution in [0.15, 0.2) is 30.6 Å². The van der Waals surface area contributed by atoms with Gasteiger partial charge < -0.3 is 20.5 Å². The highest BCUT2D eigenvalue weighted by Crippen LogP contribution is 2.28. The van der Waals surface area contributed by atoms with Crippen LogP contribution in [0, 0.1) is 0 Å². The molecular weight excluding hydrogens is 244 g/mol. The summed E-state index contributed by atoms with van der Waals surface area (Å²) in [7, 11) is 1.62. The van der Waals surface area contributed by atoms with E-state index in [1.54, 1.807) is 7.11 Å². The molecular formula is C13H16N4O2. The summed E-state index contributed by atoms with van der Waals surface area (Å²) in [4.78, 5) is 8.08. The summed E-state index contributed by atoms with van der Waals surface area (Å²) in [5, 5.41) is 3.11. The first kappa shape index (κ1) is 12.9. The molecule has 19 heavy (non-hydrogen) atoms. The van der Waals surface area contributed by atoms with Gasteiger partial charge in [0.15, 0.2) is 5.82 Å². The third-order valence-corrected chi connectivity index (χ3v) is 2.46. The Bertz CT molecular complexity index is 560. The molecule has 0 amide bonds. The van der Waals surface area contributed by atoms with E-state index in [4.69, 9.17) is 15.2 Å². The molecule has 0 aliphatic carbocycles. The number of nitrogens with zero attached hydrogens (tertiary/aromatic N) is 2. The number of rotatable bonds is 5. The van der Waals surface area contributed by atoms with E-state index in [-0.39, 0.29) is 0 Å². The zero-order chi connectivity index (χ0) is 13.7. The van der Waals surface area contributed by atoms with Crippen molar-refractivity contribution in [3.05, 3.63) is 30.6 Å². The molecule has 0 fully saturated rings. The van der Waals surface area contributed by atoms with Crippen molar-refractivity contribution in [2.75, 3.05) is 24.8 Å². The zero-order valence-corrected chi connectivity index (χ0v) is 10.9. The minimum atomic E-state index is 0.378. The fourth-order valence-electron chi connectivity index (χ4n) is 1.57. The number of nitrogens with one attached hydrogen (secondary N) is 1. The van der Waals surface area contributed by atoms with Crippen LogP contribution < -0.4 is 20.5 Å². The Balaban J connectivity index is 2.25. The van der Waals surface area contributed by atoms with Crippen molar-refractivity contribution >= 4 is 17.2 Å². The number of anilines is 3. The summed E-state index contributed by atoms with van der Waals surface area (Å²) in [6, 6.07) is 7.48. The maximum atomic E-state index is 5.94. The number of hydrogen-bond donors (Lipinski definition) is 2. The lowest BCUT2D eigenvalue weighted by atomic mass is 10.3. The first-order valence-electron chi connectivity index (χ1n) is 5.89. The van der Waals surface area contributed by atoms with Crippen molar-refractivity contribution in [2.45, 2.75) is 6.92 Å². The standard InChI is InChI=1S/C13H16N4O2/c1-3-19-13-11(14)12(15-8-16-13)17-9-5-4-6-10(7-9)18-2/h4-8H,3,14H2,1-2H3,(H,15,16,17). The van der Waals surface area contributed by atoms with Gasteiger partial charge in [0, 0.05) is 11.8 Å². The van der Waals surface area contributed by atoms with Gasteiger partial charge in [-0.15, -0.1) is 0 Å². The fourth-order valence-corrected chi connectivity index (χ4v) is 1.57. The minimum absolute atomic E-state index is 0.378. The lowest BCUT2D eigenvalue weighted by Crippen LogP contribution is -2.05. The molecule has 100 valence electrons. The molecule has 0 spiro atoms. The Labute approximate surface area is 111 Å². The highest BCUT2D eigenvalue weighted by molar-refractivity contribution is 5.72. The van der Waals surface area contributed by atoms with Gasteiger partial charge in [-0.25, -0.2) is 4.98 Å². The molecule has 0 saturated heterocycles. The number of ether oxygens (including phenoxy) is 2. The molecule has 6 heteroatoms. The van der Waals surface area contributed by atoms with Crippen LogP contribution in [-0.2, 0) is 0 Å². The summed E-state index contributed by atoms with van der Waals surface area (Å²) in [5.74, 6) is 1.64. The van der Waals surface area contributed by atoms with Crippen LogP contribution in [0.1, 0.15) is 6.92 Å². The second kappa shape index (κ2) is 5.90. The third-order valence-electron chi connectivity index (χ3n) is 2.46. The molecule has 0 saturated carbocycles. The van der Waals surface area contributed by atoms with Crippen LogP contribution in [0.5, 0.6) is 11.6 Å². The van der Waals surface area contributed by atoms with E-state index in [0.29, 0.717) is 24.0 Å². The average molecular weight is 260 g/mol. The minimum Gasteiger partial charge on any atom is -0.497 e. The second-order valence-corrected chi connectivity index (χ2v) is 3.73. The van der Waals surface area contributed by atoms with Gasteiger partial charge in [-0.05, 0) is 19.1 Å². The first-order chi connectivity index (χ1) is 9.24. The van der Waals surface area contributed by atoms with Crippen molar-refractivity contribution in [2.24, 2.45) is 0 Å². The van der Waals surface area contributed by atoms with E-state index in [2.05, 4.69) is 15.3 Å². The van der Waals surface area contributed by atoms with Gasteiger partial charge in [-0.3, -0.25) is 0 Å². The van der Waals surface area contributed by atoms with E-state index < -0.39 is 0 Å². The second-order valence-electron chi connectivity index (χ2n) is 3.73. The van der Waals surface area contributed by atoms with Crippen molar-refractivity contribution in [3.8, 4) is 11.6 Å². The van der Waals surface area contributed by atoms with Crippen molar-refractivity contribution < 1.29 is 9.47 Å². The molecule has 0 unspecified atom stereocenters. The van der Waals surface area contributed by atoms with Gasteiger partial charge in [0.25, 0.3) is 0 Å². The number of nitrogen functional groups attached to an aromatic ring is 1. The molecule has 2 aromatic rings. The molecule has 1 aromatic carbocycles. The largest absolute Gasteiger partial charge is 0.497 e. The fraction of sp³-hybridized carbons (Fsp3) is 0.231. The Morgan fingerprint density at radius 2 is 2.16 bits per heavy atom. The van der Waals surface area contributed by atoms with E-state index in [1.165, 1.54) is 6.33 Å². The summed E-state index contributed by atoms with van der Waals surface area (Å²) < 4.78 is 10.5. The van der Waals surface area contributed by atoms with Crippen molar-refractivity contribution in [1.82, 2.24) is 9.97 Å². The van der Waals surface area contributed by atoms with E-state index in [0.717, 1.165) is 11.4 Å². The van der Waals surface area contributed by atoms with Crippen LogP contribution in [0.25, 0.3) is 0 Å². The number of benzene rings is 1. The molecule has 6 nitrogen and oxygen atoms in total. The quantitative estimate of drug-likeness (QED) is 0.857. The highest BCUT2D eigenvalue weighted by atomic mass is 16.5. The third kappa shape index (κ3) is 3.04. The molecule has 0 radical (unpaired) electrons. The van der Waals surface area contributed by atoms with Gasteiger partial charge in [0.05, 0.1) is 13.7 Å². The molecule has 2 rings (SSSR count). The summed E-state index contributed by atoms with van der Waals surface area (Å²) >= 11 is 0. The van der Waals surface area contributed by atoms with Gasteiger partial charge in [-0.1, -0.05) is 6.07 Å². The predicted molar refractivity (Wildman–Crippen MR) is 73.9 cm³/mol. The SMILES string of the molecule is CCOc1ncnc(Nc2cccc(OC)c2)c1N. The molecule has 1 heterocycles. The predicted octanol–water partition coefficient (Wildman–Crippen LogP) is 2.21. The van der Waals surface area contributed by atoms with Crippen LogP contribution in [0.2, 0.25) is 0 Å². The maximum absolute atomic E-state index is 5.94. The lowest BCUT2D eigenvalue weighted by Gasteiger charge is -2.11. The topological polar surface area (TPSA) is 82.3 Å². The first-order valence-corrected chi connectivity index (χ1v) is 5.89. The summed E-state index contributed by atoms with van der Waals surface area (Å²) in [6.07, 6.45) is 1.41. The average Bonchev–Trinajstić information content (AvgIpc) is 2.44. The highest BCUT2D eigenvalue weighted by Gasteiger charge is 2.09. The Morgan fingerprint density at radius 1 is 1.32 bits per heavy atom. The summed E-state index contributed by atoms with van der Waals surface area (Å²) in [5.41, 5.74) is 7.15. The van der Waals surface area contributed by atoms with Crippen molar-refractivity contribution in [3.63, 3.8) is 0 Å². The van der Waals surface area contributed by atoms with Gasteiger partial charge in [0.1, 0.15) is 17.8 Å². The molecule has 0 atom stereocenters. The molecule has 0 aliphatic rings. The smallest absolute Gasteiger partial charge is 0.242 e. The molecule has 1 aromatic heterocycles. The normalized spacial score (nSPS) is 10.0. The van der Waals surface area contributed by atoms with E-state index in [9.17, 15) is 0 Å². The van der Waals surface area contributed by atoms with Crippen molar-refractivity contribution in [1.29, 1.82) is 0 Å². The van der Waals surface area contributed by atoms with Crippen LogP contribution >= 0.6 is 0 Å². The van der Waals surface area contributed by atoms with Gasteiger partial charge >= 0.3 is 0 Å². The Kier molecular flexibility index (Phi) is 4.02. The zero-order valence-electron chi connectivity index (χ0n) is 10.9. The number of methoxy groups -OCH3 is 1. The number of aromatic nitrogens is 2. The Hall–Kier alpha value is -2.50. The maximum Gasteiger partial charge on any atom is 0.242 e. The van der Waals surface area contributed by atoms with E-state index >= 15 is 0 Å². The summed E-state index contributed by atoms with van der Waals surface area (Å²) in [6.45, 7) is 2.37. The van der Waals surface area contributed by atoms with Crippen LogP contribution in [-0.4, -0.2) is 23.7 Å². The Morgan fingerprint density at radius 3 is 2.89 bits per heavy atom. The number of nitrogens with two attached hydrogens (primary N) is 1. The van der Waals surface area contributed by atoms with Gasteiger partial charge in [-0.2, -0.15) is 4.98 Å². The monoisotopic (exact) mass is 260 g/mol. The van der Waals surface area contributed by atoms with Crippen LogP contribution in [0.4, 0.5) is 17.2 Å². The van der Waals surface area contributed by atoms with Gasteiger partial charge in [0.2, 0.25) is 5.88 Å². The van der Waals surface area contributed by atoms with Crippen LogP contribution in [0.3, 0.4) is 0 Å². The molecule has 0 bridgehead atoms. The molecule has 0 aliphatic heterocycles.